The zero-order valence-electron chi connectivity index (χ0n) is 33.2. The Kier molecular flexibility index (Phi) is 17.1. The van der Waals surface area contributed by atoms with E-state index < -0.39 is 0 Å². The van der Waals surface area contributed by atoms with Crippen molar-refractivity contribution in [2.24, 2.45) is 0 Å². The SMILES string of the molecule is COc1c(C)c(C/C=C(\C)CC/C=C(\C)CO)c(OC)c2ccccc12.[B]C/C(C)=C/CC/C(C)=C/Cc1c(C)c(OC)c2ccccc2c1OC. The molecular weight excluding hydrogens is 643 g/mol. The maximum Gasteiger partial charge on any atom is 0.130 e. The van der Waals surface area contributed by atoms with Gasteiger partial charge in [0, 0.05) is 32.7 Å². The standard InChI is InChI=1S/C23H29BO2.C23H30O3/c2*1-16(9-8-10-17(2)15-24)13-14-19-18(3)22(25-4)20-11-6-7-12-21(20)23(19)26-5/h6-7,10-13H,8-9,14-15H2,1-5H3;6-7,10-13,24H,8-9,14-15H2,1-5H3/b2*16-13+,17-10+. The van der Waals surface area contributed by atoms with E-state index in [1.165, 1.54) is 27.8 Å². The van der Waals surface area contributed by atoms with E-state index in [9.17, 15) is 0 Å². The van der Waals surface area contributed by atoms with Crippen LogP contribution >= 0.6 is 0 Å². The molecule has 5 nitrogen and oxygen atoms in total. The van der Waals surface area contributed by atoms with E-state index in [4.69, 9.17) is 31.9 Å². The number of rotatable bonds is 16. The van der Waals surface area contributed by atoms with Gasteiger partial charge in [0.15, 0.2) is 0 Å². The highest BCUT2D eigenvalue weighted by atomic mass is 16.5. The normalized spacial score (nSPS) is 12.5. The molecule has 0 bridgehead atoms. The molecule has 0 heterocycles. The van der Waals surface area contributed by atoms with Crippen molar-refractivity contribution in [2.75, 3.05) is 35.0 Å². The van der Waals surface area contributed by atoms with Gasteiger partial charge in [-0.15, -0.1) is 0 Å². The zero-order valence-corrected chi connectivity index (χ0v) is 33.2. The molecule has 0 aliphatic heterocycles. The van der Waals surface area contributed by atoms with Gasteiger partial charge in [-0.1, -0.05) is 101 Å². The van der Waals surface area contributed by atoms with Gasteiger partial charge in [0.2, 0.25) is 0 Å². The van der Waals surface area contributed by atoms with Crippen molar-refractivity contribution >= 4 is 29.4 Å². The van der Waals surface area contributed by atoms with Gasteiger partial charge < -0.3 is 24.1 Å². The van der Waals surface area contributed by atoms with E-state index in [1.54, 1.807) is 28.4 Å². The van der Waals surface area contributed by atoms with Gasteiger partial charge in [0.05, 0.1) is 42.9 Å². The first-order valence-corrected chi connectivity index (χ1v) is 18.2. The molecule has 0 aliphatic rings. The largest absolute Gasteiger partial charge is 0.496 e. The summed E-state index contributed by atoms with van der Waals surface area (Å²) in [5, 5.41) is 13.4. The van der Waals surface area contributed by atoms with Gasteiger partial charge in [0.25, 0.3) is 0 Å². The highest BCUT2D eigenvalue weighted by Gasteiger charge is 2.18. The Morgan fingerprint density at radius 3 is 1.21 bits per heavy atom. The number of methoxy groups -OCH3 is 4. The molecule has 0 fully saturated rings. The number of ether oxygens (including phenoxy) is 4. The van der Waals surface area contributed by atoms with Crippen molar-refractivity contribution in [3.8, 4) is 23.0 Å². The average molecular weight is 703 g/mol. The summed E-state index contributed by atoms with van der Waals surface area (Å²) in [5.74, 6) is 3.73. The molecule has 0 atom stereocenters. The summed E-state index contributed by atoms with van der Waals surface area (Å²) in [6.07, 6.45) is 15.2. The van der Waals surface area contributed by atoms with Crippen LogP contribution in [-0.4, -0.2) is 48.0 Å². The van der Waals surface area contributed by atoms with Crippen molar-refractivity contribution < 1.29 is 24.1 Å². The lowest BCUT2D eigenvalue weighted by Crippen LogP contribution is -2.00. The molecule has 0 aromatic heterocycles. The fourth-order valence-corrected chi connectivity index (χ4v) is 6.58. The van der Waals surface area contributed by atoms with Crippen LogP contribution in [0.2, 0.25) is 6.32 Å². The van der Waals surface area contributed by atoms with Crippen LogP contribution in [0.1, 0.15) is 75.6 Å². The summed E-state index contributed by atoms with van der Waals surface area (Å²) < 4.78 is 23.0. The molecule has 276 valence electrons. The minimum atomic E-state index is 0.135. The van der Waals surface area contributed by atoms with Crippen LogP contribution in [-0.2, 0) is 12.8 Å². The summed E-state index contributed by atoms with van der Waals surface area (Å²) in [5.41, 5.74) is 9.61. The second-order valence-electron chi connectivity index (χ2n) is 13.5. The summed E-state index contributed by atoms with van der Waals surface area (Å²) in [6, 6.07) is 16.5. The Balaban J connectivity index is 0.000000280. The first-order valence-electron chi connectivity index (χ1n) is 18.2. The molecule has 1 N–H and O–H groups in total. The second-order valence-corrected chi connectivity index (χ2v) is 13.5. The van der Waals surface area contributed by atoms with E-state index in [0.717, 1.165) is 99.8 Å². The predicted molar refractivity (Wildman–Crippen MR) is 222 cm³/mol. The van der Waals surface area contributed by atoms with E-state index in [0.29, 0.717) is 6.32 Å². The van der Waals surface area contributed by atoms with Gasteiger partial charge in [-0.2, -0.15) is 0 Å². The maximum atomic E-state index is 9.07. The predicted octanol–water partition coefficient (Wildman–Crippen LogP) is 11.3. The maximum absolute atomic E-state index is 9.07. The van der Waals surface area contributed by atoms with Crippen LogP contribution in [0.5, 0.6) is 23.0 Å². The molecule has 52 heavy (non-hydrogen) atoms. The number of fused-ring (bicyclic) bond motifs is 2. The molecular formula is C46H59BO5. The van der Waals surface area contributed by atoms with E-state index >= 15 is 0 Å². The van der Waals surface area contributed by atoms with E-state index in [1.807, 2.05) is 31.2 Å². The molecule has 4 rings (SSSR count). The molecule has 0 amide bonds. The van der Waals surface area contributed by atoms with Crippen LogP contribution in [0.4, 0.5) is 0 Å². The van der Waals surface area contributed by atoms with Crippen molar-refractivity contribution in [3.63, 3.8) is 0 Å². The summed E-state index contributed by atoms with van der Waals surface area (Å²) in [7, 11) is 12.6. The summed E-state index contributed by atoms with van der Waals surface area (Å²) in [4.78, 5) is 0. The molecule has 4 aromatic carbocycles. The first kappa shape index (κ1) is 42.0. The smallest absolute Gasteiger partial charge is 0.130 e. The number of allylic oxidation sites excluding steroid dienone is 7. The van der Waals surface area contributed by atoms with Gasteiger partial charge in [-0.25, -0.2) is 0 Å². The Morgan fingerprint density at radius 1 is 0.538 bits per heavy atom. The minimum Gasteiger partial charge on any atom is -0.496 e. The molecule has 0 unspecified atom stereocenters. The molecule has 6 heteroatoms. The number of hydrogen-bond acceptors (Lipinski definition) is 5. The van der Waals surface area contributed by atoms with Crippen LogP contribution in [0.15, 0.2) is 95.1 Å². The van der Waals surface area contributed by atoms with Crippen LogP contribution in [0.3, 0.4) is 0 Å². The summed E-state index contributed by atoms with van der Waals surface area (Å²) >= 11 is 0. The summed E-state index contributed by atoms with van der Waals surface area (Å²) in [6.45, 7) is 12.7. The van der Waals surface area contributed by atoms with Crippen molar-refractivity contribution in [2.45, 2.75) is 86.4 Å². The molecule has 4 aromatic rings. The Labute approximate surface area is 314 Å². The number of aliphatic hydroxyl groups is 1. The van der Waals surface area contributed by atoms with Crippen LogP contribution in [0, 0.1) is 13.8 Å². The van der Waals surface area contributed by atoms with Crippen LogP contribution < -0.4 is 18.9 Å². The quantitative estimate of drug-likeness (QED) is 0.0930. The van der Waals surface area contributed by atoms with E-state index in [2.05, 4.69) is 83.2 Å². The van der Waals surface area contributed by atoms with Gasteiger partial charge in [-0.3, -0.25) is 0 Å². The minimum absolute atomic E-state index is 0.135. The monoisotopic (exact) mass is 702 g/mol. The zero-order chi connectivity index (χ0) is 38.2. The molecule has 0 saturated heterocycles. The number of hydrogen-bond donors (Lipinski definition) is 1. The lowest BCUT2D eigenvalue weighted by atomic mass is 9.95. The van der Waals surface area contributed by atoms with E-state index in [-0.39, 0.29) is 6.61 Å². The van der Waals surface area contributed by atoms with Crippen LogP contribution in [0.25, 0.3) is 21.5 Å². The number of aliphatic hydroxyl groups excluding tert-OH is 1. The second kappa shape index (κ2) is 21.2. The third-order valence-corrected chi connectivity index (χ3v) is 9.73. The van der Waals surface area contributed by atoms with Gasteiger partial charge in [-0.05, 0) is 91.2 Å². The van der Waals surface area contributed by atoms with Gasteiger partial charge in [0.1, 0.15) is 23.0 Å². The van der Waals surface area contributed by atoms with Gasteiger partial charge >= 0.3 is 0 Å². The molecule has 2 radical (unpaired) electrons. The lowest BCUT2D eigenvalue weighted by Gasteiger charge is -2.18. The Bertz CT molecular complexity index is 1770. The van der Waals surface area contributed by atoms with Crippen molar-refractivity contribution in [1.82, 2.24) is 0 Å². The highest BCUT2D eigenvalue weighted by Crippen LogP contribution is 2.42. The molecule has 0 aliphatic carbocycles. The van der Waals surface area contributed by atoms with Crippen molar-refractivity contribution in [3.05, 3.63) is 117 Å². The molecule has 0 spiro atoms. The van der Waals surface area contributed by atoms with Crippen molar-refractivity contribution in [1.29, 1.82) is 0 Å². The third kappa shape index (κ3) is 10.8. The Hall–Kier alpha value is -4.42. The molecule has 0 saturated carbocycles. The first-order chi connectivity index (χ1) is 25.1. The average Bonchev–Trinajstić information content (AvgIpc) is 3.16. The fraction of sp³-hybridized carbons (Fsp3) is 0.391. The topological polar surface area (TPSA) is 57.2 Å². The highest BCUT2D eigenvalue weighted by molar-refractivity contribution is 6.10. The lowest BCUT2D eigenvalue weighted by molar-refractivity contribution is 0.331. The Morgan fingerprint density at radius 2 is 0.885 bits per heavy atom. The third-order valence-electron chi connectivity index (χ3n) is 9.73. The number of benzene rings is 4. The fourth-order valence-electron chi connectivity index (χ4n) is 6.58.